The SMILES string of the molecule is CCc1cc(CC)n(Cc2cc(Cl)ccc2[N+](=O)[O-])n1. The molecule has 0 unspecified atom stereocenters. The molecule has 0 amide bonds. The number of hydrogen-bond donors (Lipinski definition) is 0. The Balaban J connectivity index is 2.41. The van der Waals surface area contributed by atoms with Gasteiger partial charge in [-0.25, -0.2) is 0 Å². The van der Waals surface area contributed by atoms with Crippen LogP contribution in [0.15, 0.2) is 24.3 Å². The minimum absolute atomic E-state index is 0.0741. The van der Waals surface area contributed by atoms with Gasteiger partial charge in [-0.1, -0.05) is 25.4 Å². The van der Waals surface area contributed by atoms with Gasteiger partial charge in [0.1, 0.15) is 0 Å². The smallest absolute Gasteiger partial charge is 0.265 e. The van der Waals surface area contributed by atoms with E-state index in [0.717, 1.165) is 24.2 Å². The van der Waals surface area contributed by atoms with E-state index in [1.807, 2.05) is 24.6 Å². The first-order chi connectivity index (χ1) is 9.55. The highest BCUT2D eigenvalue weighted by atomic mass is 35.5. The fraction of sp³-hybridized carbons (Fsp3) is 0.357. The lowest BCUT2D eigenvalue weighted by Gasteiger charge is -2.07. The second kappa shape index (κ2) is 6.05. The Kier molecular flexibility index (Phi) is 4.39. The molecule has 1 heterocycles. The normalized spacial score (nSPS) is 10.8. The van der Waals surface area contributed by atoms with E-state index in [4.69, 9.17) is 11.6 Å². The van der Waals surface area contributed by atoms with Gasteiger partial charge in [0, 0.05) is 16.8 Å². The van der Waals surface area contributed by atoms with Gasteiger partial charge in [-0.3, -0.25) is 14.8 Å². The first kappa shape index (κ1) is 14.5. The van der Waals surface area contributed by atoms with Gasteiger partial charge in [0.25, 0.3) is 5.69 Å². The van der Waals surface area contributed by atoms with Gasteiger partial charge in [0.15, 0.2) is 0 Å². The van der Waals surface area contributed by atoms with Crippen LogP contribution >= 0.6 is 11.6 Å². The highest BCUT2D eigenvalue weighted by Gasteiger charge is 2.16. The summed E-state index contributed by atoms with van der Waals surface area (Å²) in [6, 6.07) is 6.64. The van der Waals surface area contributed by atoms with E-state index in [9.17, 15) is 10.1 Å². The maximum Gasteiger partial charge on any atom is 0.274 e. The number of nitrogens with zero attached hydrogens (tertiary/aromatic N) is 3. The molecular weight excluding hydrogens is 278 g/mol. The molecule has 0 aliphatic carbocycles. The van der Waals surface area contributed by atoms with Gasteiger partial charge in [-0.15, -0.1) is 0 Å². The summed E-state index contributed by atoms with van der Waals surface area (Å²) in [6.45, 7) is 4.44. The second-order valence-electron chi connectivity index (χ2n) is 4.52. The van der Waals surface area contributed by atoms with Crippen LogP contribution in [0, 0.1) is 10.1 Å². The van der Waals surface area contributed by atoms with Crippen LogP contribution in [0.5, 0.6) is 0 Å². The molecule has 0 saturated carbocycles. The van der Waals surface area contributed by atoms with Crippen molar-refractivity contribution in [2.75, 3.05) is 0 Å². The van der Waals surface area contributed by atoms with Crippen LogP contribution in [0.4, 0.5) is 5.69 Å². The molecule has 5 nitrogen and oxygen atoms in total. The molecule has 0 aliphatic heterocycles. The molecule has 1 aromatic carbocycles. The number of halogens is 1. The van der Waals surface area contributed by atoms with Crippen LogP contribution in [-0.4, -0.2) is 14.7 Å². The lowest BCUT2D eigenvalue weighted by atomic mass is 10.1. The summed E-state index contributed by atoms with van der Waals surface area (Å²) in [4.78, 5) is 10.7. The molecule has 0 saturated heterocycles. The summed E-state index contributed by atoms with van der Waals surface area (Å²) in [5.41, 5.74) is 2.70. The summed E-state index contributed by atoms with van der Waals surface area (Å²) in [7, 11) is 0. The predicted octanol–water partition coefficient (Wildman–Crippen LogP) is 3.62. The number of benzene rings is 1. The molecule has 0 fully saturated rings. The van der Waals surface area contributed by atoms with Crippen LogP contribution in [0.3, 0.4) is 0 Å². The Hall–Kier alpha value is -1.88. The third kappa shape index (κ3) is 2.99. The molecule has 106 valence electrons. The molecule has 2 rings (SSSR count). The topological polar surface area (TPSA) is 61.0 Å². The number of aryl methyl sites for hydroxylation is 2. The van der Waals surface area contributed by atoms with Crippen molar-refractivity contribution < 1.29 is 4.92 Å². The van der Waals surface area contributed by atoms with Gasteiger partial charge >= 0.3 is 0 Å². The second-order valence-corrected chi connectivity index (χ2v) is 4.96. The Morgan fingerprint density at radius 3 is 2.65 bits per heavy atom. The van der Waals surface area contributed by atoms with Crippen molar-refractivity contribution >= 4 is 17.3 Å². The molecule has 2 aromatic rings. The molecule has 6 heteroatoms. The summed E-state index contributed by atoms with van der Waals surface area (Å²) in [6.07, 6.45) is 1.68. The van der Waals surface area contributed by atoms with Crippen LogP contribution in [0.25, 0.3) is 0 Å². The standard InChI is InChI=1S/C14H16ClN3O2/c1-3-12-8-13(4-2)17(16-12)9-10-7-11(15)5-6-14(10)18(19)20/h5-8H,3-4,9H2,1-2H3. The minimum Gasteiger partial charge on any atom is -0.265 e. The summed E-state index contributed by atoms with van der Waals surface area (Å²) < 4.78 is 1.82. The van der Waals surface area contributed by atoms with Crippen LogP contribution < -0.4 is 0 Å². The van der Waals surface area contributed by atoms with E-state index in [1.165, 1.54) is 12.1 Å². The third-order valence-corrected chi connectivity index (χ3v) is 3.43. The maximum atomic E-state index is 11.1. The lowest BCUT2D eigenvalue weighted by Crippen LogP contribution is -2.08. The van der Waals surface area contributed by atoms with Crippen molar-refractivity contribution in [3.05, 3.63) is 56.4 Å². The van der Waals surface area contributed by atoms with E-state index < -0.39 is 0 Å². The van der Waals surface area contributed by atoms with Gasteiger partial charge in [0.05, 0.1) is 22.7 Å². The highest BCUT2D eigenvalue weighted by molar-refractivity contribution is 6.30. The zero-order valence-electron chi connectivity index (χ0n) is 11.5. The van der Waals surface area contributed by atoms with Crippen LogP contribution in [0.1, 0.15) is 30.8 Å². The van der Waals surface area contributed by atoms with E-state index in [-0.39, 0.29) is 10.6 Å². The fourth-order valence-electron chi connectivity index (χ4n) is 2.13. The lowest BCUT2D eigenvalue weighted by molar-refractivity contribution is -0.385. The van der Waals surface area contributed by atoms with Gasteiger partial charge in [-0.2, -0.15) is 5.10 Å². The number of hydrogen-bond acceptors (Lipinski definition) is 3. The number of nitro benzene ring substituents is 1. The maximum absolute atomic E-state index is 11.1. The van der Waals surface area contributed by atoms with Crippen molar-refractivity contribution in [1.82, 2.24) is 9.78 Å². The van der Waals surface area contributed by atoms with E-state index in [0.29, 0.717) is 17.1 Å². The molecule has 0 spiro atoms. The molecule has 0 atom stereocenters. The summed E-state index contributed by atoms with van der Waals surface area (Å²) >= 11 is 5.94. The molecule has 1 aromatic heterocycles. The first-order valence-corrected chi connectivity index (χ1v) is 6.91. The summed E-state index contributed by atoms with van der Waals surface area (Å²) in [5.74, 6) is 0. The highest BCUT2D eigenvalue weighted by Crippen LogP contribution is 2.24. The largest absolute Gasteiger partial charge is 0.274 e. The molecule has 0 aliphatic rings. The van der Waals surface area contributed by atoms with E-state index in [2.05, 4.69) is 5.10 Å². The molecular formula is C14H16ClN3O2. The zero-order valence-corrected chi connectivity index (χ0v) is 12.2. The van der Waals surface area contributed by atoms with Crippen molar-refractivity contribution in [3.63, 3.8) is 0 Å². The first-order valence-electron chi connectivity index (χ1n) is 6.53. The Bertz CT molecular complexity index is 637. The van der Waals surface area contributed by atoms with Gasteiger partial charge in [-0.05, 0) is 31.0 Å². The minimum atomic E-state index is -0.387. The average Bonchev–Trinajstić information content (AvgIpc) is 2.80. The van der Waals surface area contributed by atoms with Crippen LogP contribution in [-0.2, 0) is 19.4 Å². The zero-order chi connectivity index (χ0) is 14.7. The van der Waals surface area contributed by atoms with Crippen molar-refractivity contribution in [1.29, 1.82) is 0 Å². The predicted molar refractivity (Wildman–Crippen MR) is 78.2 cm³/mol. The Morgan fingerprint density at radius 2 is 2.05 bits per heavy atom. The van der Waals surface area contributed by atoms with Crippen molar-refractivity contribution in [3.8, 4) is 0 Å². The molecule has 0 bridgehead atoms. The quantitative estimate of drug-likeness (QED) is 0.625. The van der Waals surface area contributed by atoms with Crippen LogP contribution in [0.2, 0.25) is 5.02 Å². The monoisotopic (exact) mass is 293 g/mol. The van der Waals surface area contributed by atoms with Crippen molar-refractivity contribution in [2.45, 2.75) is 33.2 Å². The molecule has 20 heavy (non-hydrogen) atoms. The number of aromatic nitrogens is 2. The fourth-order valence-corrected chi connectivity index (χ4v) is 2.32. The average molecular weight is 294 g/mol. The Morgan fingerprint density at radius 1 is 1.30 bits per heavy atom. The van der Waals surface area contributed by atoms with E-state index in [1.54, 1.807) is 6.07 Å². The third-order valence-electron chi connectivity index (χ3n) is 3.20. The summed E-state index contributed by atoms with van der Waals surface area (Å²) in [5, 5.41) is 16.0. The molecule has 0 N–H and O–H groups in total. The van der Waals surface area contributed by atoms with Gasteiger partial charge < -0.3 is 0 Å². The number of nitro groups is 1. The van der Waals surface area contributed by atoms with Gasteiger partial charge in [0.2, 0.25) is 0 Å². The Labute approximate surface area is 122 Å². The van der Waals surface area contributed by atoms with E-state index >= 15 is 0 Å². The number of rotatable bonds is 5. The van der Waals surface area contributed by atoms with Crippen molar-refractivity contribution in [2.24, 2.45) is 0 Å². The molecule has 0 radical (unpaired) electrons.